The van der Waals surface area contributed by atoms with Crippen molar-refractivity contribution in [1.29, 1.82) is 0 Å². The summed E-state index contributed by atoms with van der Waals surface area (Å²) in [6.45, 7) is 7.16. The number of hydrogen-bond donors (Lipinski definition) is 2. The van der Waals surface area contributed by atoms with Gasteiger partial charge < -0.3 is 16.0 Å². The summed E-state index contributed by atoms with van der Waals surface area (Å²) in [5.74, 6) is 1.82. The molecule has 0 saturated heterocycles. The van der Waals surface area contributed by atoms with Gasteiger partial charge in [0.25, 0.3) is 0 Å². The molecule has 0 aliphatic rings. The first-order valence-electron chi connectivity index (χ1n) is 7.20. The normalized spacial score (nSPS) is 10.5. The van der Waals surface area contributed by atoms with E-state index in [4.69, 9.17) is 5.73 Å². The maximum atomic E-state index is 5.82. The van der Waals surface area contributed by atoms with E-state index >= 15 is 0 Å². The van der Waals surface area contributed by atoms with Gasteiger partial charge >= 0.3 is 0 Å². The molecule has 0 unspecified atom stereocenters. The van der Waals surface area contributed by atoms with Gasteiger partial charge in [-0.3, -0.25) is 0 Å². The van der Waals surface area contributed by atoms with Gasteiger partial charge in [-0.15, -0.1) is 0 Å². The Bertz CT molecular complexity index is 604. The van der Waals surface area contributed by atoms with E-state index in [1.807, 2.05) is 18.0 Å². The predicted molar refractivity (Wildman–Crippen MR) is 89.2 cm³/mol. The minimum absolute atomic E-state index is 0.280. The standard InChI is InChI=1S/C16H23N5/c1-5-6-18-14-10-15(20-16(17)19-14)21(4)13-8-11(2)7-12(3)9-13/h7-10H,5-6H2,1-4H3,(H3,17,18,19,20). The Hall–Kier alpha value is -2.30. The Morgan fingerprint density at radius 3 is 2.38 bits per heavy atom. The Morgan fingerprint density at radius 1 is 1.10 bits per heavy atom. The first kappa shape index (κ1) is 15.1. The van der Waals surface area contributed by atoms with Crippen LogP contribution in [0.5, 0.6) is 0 Å². The molecule has 1 aromatic carbocycles. The fraction of sp³-hybridized carbons (Fsp3) is 0.375. The minimum Gasteiger partial charge on any atom is -0.370 e. The van der Waals surface area contributed by atoms with Crippen molar-refractivity contribution in [2.24, 2.45) is 0 Å². The maximum absolute atomic E-state index is 5.82. The van der Waals surface area contributed by atoms with E-state index in [0.29, 0.717) is 0 Å². The van der Waals surface area contributed by atoms with Crippen LogP contribution in [-0.4, -0.2) is 23.6 Å². The van der Waals surface area contributed by atoms with Gasteiger partial charge in [-0.05, 0) is 43.5 Å². The molecule has 0 bridgehead atoms. The Morgan fingerprint density at radius 2 is 1.76 bits per heavy atom. The number of aryl methyl sites for hydroxylation is 2. The number of anilines is 4. The molecule has 1 heterocycles. The highest BCUT2D eigenvalue weighted by atomic mass is 15.2. The molecular weight excluding hydrogens is 262 g/mol. The molecule has 0 fully saturated rings. The zero-order chi connectivity index (χ0) is 15.4. The van der Waals surface area contributed by atoms with Crippen molar-refractivity contribution in [3.63, 3.8) is 0 Å². The Kier molecular flexibility index (Phi) is 4.62. The lowest BCUT2D eigenvalue weighted by molar-refractivity contribution is 0.964. The second-order valence-corrected chi connectivity index (χ2v) is 5.30. The highest BCUT2D eigenvalue weighted by molar-refractivity contribution is 5.64. The van der Waals surface area contributed by atoms with Crippen molar-refractivity contribution in [2.75, 3.05) is 29.5 Å². The summed E-state index contributed by atoms with van der Waals surface area (Å²) in [5, 5.41) is 3.25. The van der Waals surface area contributed by atoms with Crippen molar-refractivity contribution in [2.45, 2.75) is 27.2 Å². The summed E-state index contributed by atoms with van der Waals surface area (Å²) >= 11 is 0. The average Bonchev–Trinajstić information content (AvgIpc) is 2.42. The molecule has 21 heavy (non-hydrogen) atoms. The van der Waals surface area contributed by atoms with E-state index in [1.54, 1.807) is 0 Å². The first-order valence-corrected chi connectivity index (χ1v) is 7.20. The van der Waals surface area contributed by atoms with Crippen molar-refractivity contribution in [3.8, 4) is 0 Å². The van der Waals surface area contributed by atoms with Crippen molar-refractivity contribution in [1.82, 2.24) is 9.97 Å². The lowest BCUT2D eigenvalue weighted by Crippen LogP contribution is -2.14. The molecule has 2 aromatic rings. The fourth-order valence-corrected chi connectivity index (χ4v) is 2.24. The SMILES string of the molecule is CCCNc1cc(N(C)c2cc(C)cc(C)c2)nc(N)n1. The first-order chi connectivity index (χ1) is 9.99. The summed E-state index contributed by atoms with van der Waals surface area (Å²) in [7, 11) is 1.99. The van der Waals surface area contributed by atoms with Crippen molar-refractivity contribution < 1.29 is 0 Å². The van der Waals surface area contributed by atoms with Crippen LogP contribution in [0.1, 0.15) is 24.5 Å². The predicted octanol–water partition coefficient (Wildman–Crippen LogP) is 3.27. The molecule has 0 aliphatic carbocycles. The van der Waals surface area contributed by atoms with Crippen molar-refractivity contribution in [3.05, 3.63) is 35.4 Å². The zero-order valence-corrected chi connectivity index (χ0v) is 13.1. The maximum Gasteiger partial charge on any atom is 0.223 e. The van der Waals surface area contributed by atoms with E-state index < -0.39 is 0 Å². The summed E-state index contributed by atoms with van der Waals surface area (Å²) < 4.78 is 0. The van der Waals surface area contributed by atoms with E-state index in [-0.39, 0.29) is 5.95 Å². The van der Waals surface area contributed by atoms with E-state index in [1.165, 1.54) is 11.1 Å². The highest BCUT2D eigenvalue weighted by Crippen LogP contribution is 2.26. The summed E-state index contributed by atoms with van der Waals surface area (Å²) in [4.78, 5) is 10.6. The summed E-state index contributed by atoms with van der Waals surface area (Å²) in [6, 6.07) is 8.33. The number of hydrogen-bond acceptors (Lipinski definition) is 5. The van der Waals surface area contributed by atoms with Crippen LogP contribution < -0.4 is 16.0 Å². The number of nitrogens with zero attached hydrogens (tertiary/aromatic N) is 3. The van der Waals surface area contributed by atoms with Crippen LogP contribution in [0.2, 0.25) is 0 Å². The van der Waals surface area contributed by atoms with Crippen LogP contribution in [0.25, 0.3) is 0 Å². The molecule has 0 aliphatic heterocycles. The smallest absolute Gasteiger partial charge is 0.223 e. The minimum atomic E-state index is 0.280. The van der Waals surface area contributed by atoms with Crippen LogP contribution in [-0.2, 0) is 0 Å². The molecule has 0 amide bonds. The van der Waals surface area contributed by atoms with Gasteiger partial charge in [0.1, 0.15) is 11.6 Å². The number of benzene rings is 1. The molecule has 0 saturated carbocycles. The molecular formula is C16H23N5. The van der Waals surface area contributed by atoms with Crippen LogP contribution in [0.4, 0.5) is 23.3 Å². The van der Waals surface area contributed by atoms with E-state index in [9.17, 15) is 0 Å². The van der Waals surface area contributed by atoms with Gasteiger partial charge in [-0.25, -0.2) is 0 Å². The molecule has 3 N–H and O–H groups in total. The van der Waals surface area contributed by atoms with Crippen LogP contribution in [0.3, 0.4) is 0 Å². The monoisotopic (exact) mass is 285 g/mol. The van der Waals surface area contributed by atoms with Gasteiger partial charge in [0, 0.05) is 25.3 Å². The number of rotatable bonds is 5. The highest BCUT2D eigenvalue weighted by Gasteiger charge is 2.09. The topological polar surface area (TPSA) is 67.1 Å². The molecule has 5 nitrogen and oxygen atoms in total. The second kappa shape index (κ2) is 6.43. The average molecular weight is 285 g/mol. The lowest BCUT2D eigenvalue weighted by atomic mass is 10.1. The van der Waals surface area contributed by atoms with Crippen LogP contribution in [0, 0.1) is 13.8 Å². The Balaban J connectivity index is 2.33. The van der Waals surface area contributed by atoms with Gasteiger partial charge in [-0.2, -0.15) is 9.97 Å². The van der Waals surface area contributed by atoms with Gasteiger partial charge in [0.05, 0.1) is 0 Å². The van der Waals surface area contributed by atoms with Gasteiger partial charge in [0.15, 0.2) is 0 Å². The molecule has 2 rings (SSSR count). The third kappa shape index (κ3) is 3.84. The molecule has 0 radical (unpaired) electrons. The van der Waals surface area contributed by atoms with Crippen LogP contribution >= 0.6 is 0 Å². The number of nitrogens with two attached hydrogens (primary N) is 1. The van der Waals surface area contributed by atoms with E-state index in [2.05, 4.69) is 54.3 Å². The quantitative estimate of drug-likeness (QED) is 0.882. The largest absolute Gasteiger partial charge is 0.370 e. The third-order valence-corrected chi connectivity index (χ3v) is 3.22. The molecule has 1 aromatic heterocycles. The zero-order valence-electron chi connectivity index (χ0n) is 13.1. The lowest BCUT2D eigenvalue weighted by Gasteiger charge is -2.20. The van der Waals surface area contributed by atoms with E-state index in [0.717, 1.165) is 30.3 Å². The number of nitrogens with one attached hydrogen (secondary N) is 1. The van der Waals surface area contributed by atoms with Crippen molar-refractivity contribution >= 4 is 23.3 Å². The van der Waals surface area contributed by atoms with Gasteiger partial charge in [-0.1, -0.05) is 13.0 Å². The van der Waals surface area contributed by atoms with Crippen LogP contribution in [0.15, 0.2) is 24.3 Å². The molecule has 5 heteroatoms. The molecule has 112 valence electrons. The Labute approximate surface area is 126 Å². The van der Waals surface area contributed by atoms with Gasteiger partial charge in [0.2, 0.25) is 5.95 Å². The second-order valence-electron chi connectivity index (χ2n) is 5.30. The molecule has 0 atom stereocenters. The number of nitrogen functional groups attached to an aromatic ring is 1. The third-order valence-electron chi connectivity index (χ3n) is 3.22. The molecule has 0 spiro atoms. The fourth-order valence-electron chi connectivity index (χ4n) is 2.24. The summed E-state index contributed by atoms with van der Waals surface area (Å²) in [5.41, 5.74) is 9.36. The number of aromatic nitrogens is 2. The summed E-state index contributed by atoms with van der Waals surface area (Å²) in [6.07, 6.45) is 1.03.